The predicted molar refractivity (Wildman–Crippen MR) is 94.1 cm³/mol. The summed E-state index contributed by atoms with van der Waals surface area (Å²) >= 11 is 0. The molecule has 0 saturated heterocycles. The van der Waals surface area contributed by atoms with E-state index in [-0.39, 0.29) is 11.9 Å². The van der Waals surface area contributed by atoms with Crippen molar-refractivity contribution in [2.24, 2.45) is 0 Å². The Hall–Kier alpha value is -2.33. The standard InChI is InChI=1S/C20H21NO3/c1-21(16-8-4-5-9-17(16)22)20(23)19-12-15-14-7-3-2-6-13(14)10-11-18(15)24-19/h2-3,6-7,10-12,16-17,22H,4-5,8-9H2,1H3/t16-,17+/m0/s1. The van der Waals surface area contributed by atoms with Crippen molar-refractivity contribution in [3.05, 3.63) is 48.2 Å². The van der Waals surface area contributed by atoms with Crippen LogP contribution in [-0.4, -0.2) is 35.1 Å². The molecule has 0 unspecified atom stereocenters. The average Bonchev–Trinajstić information content (AvgIpc) is 3.05. The molecule has 2 atom stereocenters. The maximum absolute atomic E-state index is 12.8. The first-order valence-corrected chi connectivity index (χ1v) is 8.51. The molecular weight excluding hydrogens is 302 g/mol. The number of carbonyl (C=O) groups excluding carboxylic acids is 1. The van der Waals surface area contributed by atoms with Crippen molar-refractivity contribution in [3.8, 4) is 0 Å². The highest BCUT2D eigenvalue weighted by Gasteiger charge is 2.31. The van der Waals surface area contributed by atoms with E-state index in [2.05, 4.69) is 0 Å². The zero-order valence-corrected chi connectivity index (χ0v) is 13.7. The minimum atomic E-state index is -0.446. The predicted octanol–water partition coefficient (Wildman–Crippen LogP) is 3.96. The largest absolute Gasteiger partial charge is 0.451 e. The summed E-state index contributed by atoms with van der Waals surface area (Å²) in [5.41, 5.74) is 0.717. The van der Waals surface area contributed by atoms with Gasteiger partial charge in [-0.25, -0.2) is 0 Å². The van der Waals surface area contributed by atoms with Crippen LogP contribution in [0.1, 0.15) is 36.2 Å². The Kier molecular flexibility index (Phi) is 3.77. The number of furan rings is 1. The summed E-state index contributed by atoms with van der Waals surface area (Å²) in [5.74, 6) is 0.169. The van der Waals surface area contributed by atoms with Crippen LogP contribution in [0, 0.1) is 0 Å². The summed E-state index contributed by atoms with van der Waals surface area (Å²) in [6.07, 6.45) is 3.22. The third-order valence-corrected chi connectivity index (χ3v) is 5.15. The lowest BCUT2D eigenvalue weighted by Crippen LogP contribution is -2.46. The van der Waals surface area contributed by atoms with Gasteiger partial charge in [-0.1, -0.05) is 43.2 Å². The zero-order valence-electron chi connectivity index (χ0n) is 13.7. The molecule has 1 heterocycles. The zero-order chi connectivity index (χ0) is 16.7. The highest BCUT2D eigenvalue weighted by atomic mass is 16.3. The van der Waals surface area contributed by atoms with Crippen molar-refractivity contribution in [3.63, 3.8) is 0 Å². The molecule has 1 aliphatic rings. The van der Waals surface area contributed by atoms with Gasteiger partial charge in [-0.3, -0.25) is 4.79 Å². The number of hydrogen-bond donors (Lipinski definition) is 1. The van der Waals surface area contributed by atoms with E-state index in [0.29, 0.717) is 5.76 Å². The van der Waals surface area contributed by atoms with Crippen LogP contribution in [0.3, 0.4) is 0 Å². The van der Waals surface area contributed by atoms with Gasteiger partial charge in [-0.05, 0) is 35.7 Å². The van der Waals surface area contributed by atoms with Gasteiger partial charge in [0.15, 0.2) is 5.76 Å². The van der Waals surface area contributed by atoms with Gasteiger partial charge >= 0.3 is 0 Å². The number of amides is 1. The van der Waals surface area contributed by atoms with E-state index in [1.54, 1.807) is 11.9 Å². The minimum Gasteiger partial charge on any atom is -0.451 e. The maximum Gasteiger partial charge on any atom is 0.289 e. The van der Waals surface area contributed by atoms with E-state index in [1.165, 1.54) is 0 Å². The summed E-state index contributed by atoms with van der Waals surface area (Å²) in [6.45, 7) is 0. The molecular formula is C20H21NO3. The van der Waals surface area contributed by atoms with Gasteiger partial charge in [0.05, 0.1) is 12.1 Å². The number of aliphatic hydroxyl groups excluding tert-OH is 1. The van der Waals surface area contributed by atoms with Crippen LogP contribution in [0.25, 0.3) is 21.7 Å². The summed E-state index contributed by atoms with van der Waals surface area (Å²) in [4.78, 5) is 14.5. The molecule has 1 aromatic heterocycles. The molecule has 4 rings (SSSR count). The molecule has 1 aliphatic carbocycles. The Bertz CT molecular complexity index is 898. The third kappa shape index (κ3) is 2.47. The Morgan fingerprint density at radius 2 is 1.92 bits per heavy atom. The molecule has 1 N–H and O–H groups in total. The van der Waals surface area contributed by atoms with Gasteiger partial charge in [-0.2, -0.15) is 0 Å². The van der Waals surface area contributed by atoms with Gasteiger partial charge in [0, 0.05) is 12.4 Å². The third-order valence-electron chi connectivity index (χ3n) is 5.15. The summed E-state index contributed by atoms with van der Waals surface area (Å²) in [5, 5.41) is 13.4. The van der Waals surface area contributed by atoms with Crippen molar-refractivity contribution in [1.29, 1.82) is 0 Å². The van der Waals surface area contributed by atoms with E-state index in [0.717, 1.165) is 47.4 Å². The number of rotatable bonds is 2. The molecule has 1 fully saturated rings. The van der Waals surface area contributed by atoms with E-state index in [1.807, 2.05) is 42.5 Å². The molecule has 0 bridgehead atoms. The fourth-order valence-electron chi connectivity index (χ4n) is 3.77. The molecule has 0 spiro atoms. The number of aliphatic hydroxyl groups is 1. The second kappa shape index (κ2) is 5.95. The van der Waals surface area contributed by atoms with Crippen LogP contribution in [0.4, 0.5) is 0 Å². The van der Waals surface area contributed by atoms with Gasteiger partial charge < -0.3 is 14.4 Å². The number of hydrogen-bond acceptors (Lipinski definition) is 3. The Morgan fingerprint density at radius 3 is 2.75 bits per heavy atom. The van der Waals surface area contributed by atoms with Crippen LogP contribution < -0.4 is 0 Å². The van der Waals surface area contributed by atoms with Gasteiger partial charge in [0.25, 0.3) is 5.91 Å². The lowest BCUT2D eigenvalue weighted by Gasteiger charge is -2.34. The van der Waals surface area contributed by atoms with Crippen molar-refractivity contribution in [1.82, 2.24) is 4.90 Å². The van der Waals surface area contributed by atoms with Gasteiger partial charge in [-0.15, -0.1) is 0 Å². The topological polar surface area (TPSA) is 53.7 Å². The quantitative estimate of drug-likeness (QED) is 0.776. The normalized spacial score (nSPS) is 21.2. The molecule has 1 saturated carbocycles. The average molecular weight is 323 g/mol. The van der Waals surface area contributed by atoms with Gasteiger partial charge in [0.1, 0.15) is 5.58 Å². The lowest BCUT2D eigenvalue weighted by molar-refractivity contribution is 0.0251. The smallest absolute Gasteiger partial charge is 0.289 e. The number of likely N-dealkylation sites (N-methyl/N-ethyl adjacent to an activating group) is 1. The van der Waals surface area contributed by atoms with Gasteiger partial charge in [0.2, 0.25) is 0 Å². The van der Waals surface area contributed by atoms with Crippen molar-refractivity contribution in [2.75, 3.05) is 7.05 Å². The van der Waals surface area contributed by atoms with E-state index in [9.17, 15) is 9.90 Å². The summed E-state index contributed by atoms with van der Waals surface area (Å²) in [6, 6.07) is 13.7. The number of benzene rings is 2. The van der Waals surface area contributed by atoms with E-state index < -0.39 is 6.10 Å². The van der Waals surface area contributed by atoms with Crippen LogP contribution in [0.5, 0.6) is 0 Å². The van der Waals surface area contributed by atoms with E-state index in [4.69, 9.17) is 4.42 Å². The highest BCUT2D eigenvalue weighted by Crippen LogP contribution is 2.30. The van der Waals surface area contributed by atoms with Crippen LogP contribution >= 0.6 is 0 Å². The molecule has 1 amide bonds. The Balaban J connectivity index is 1.70. The summed E-state index contributed by atoms with van der Waals surface area (Å²) < 4.78 is 5.81. The molecule has 124 valence electrons. The molecule has 3 aromatic rings. The first-order chi connectivity index (χ1) is 11.6. The SMILES string of the molecule is CN(C(=O)c1cc2c(ccc3ccccc32)o1)[C@H]1CCCC[C@H]1O. The fraction of sp³-hybridized carbons (Fsp3) is 0.350. The molecule has 4 nitrogen and oxygen atoms in total. The van der Waals surface area contributed by atoms with Crippen LogP contribution in [0.2, 0.25) is 0 Å². The molecule has 2 aromatic carbocycles. The number of fused-ring (bicyclic) bond motifs is 3. The Morgan fingerprint density at radius 1 is 1.12 bits per heavy atom. The summed E-state index contributed by atoms with van der Waals surface area (Å²) in [7, 11) is 1.76. The second-order valence-electron chi connectivity index (χ2n) is 6.64. The monoisotopic (exact) mass is 323 g/mol. The maximum atomic E-state index is 12.8. The van der Waals surface area contributed by atoms with Crippen molar-refractivity contribution in [2.45, 2.75) is 37.8 Å². The molecule has 24 heavy (non-hydrogen) atoms. The van der Waals surface area contributed by atoms with Crippen molar-refractivity contribution >= 4 is 27.6 Å². The number of nitrogens with zero attached hydrogens (tertiary/aromatic N) is 1. The van der Waals surface area contributed by atoms with Crippen LogP contribution in [0.15, 0.2) is 46.9 Å². The lowest BCUT2D eigenvalue weighted by atomic mass is 9.91. The molecule has 0 aliphatic heterocycles. The molecule has 4 heteroatoms. The molecule has 0 radical (unpaired) electrons. The minimum absolute atomic E-state index is 0.129. The second-order valence-corrected chi connectivity index (χ2v) is 6.64. The Labute approximate surface area is 140 Å². The first kappa shape index (κ1) is 15.2. The first-order valence-electron chi connectivity index (χ1n) is 8.51. The van der Waals surface area contributed by atoms with E-state index >= 15 is 0 Å². The fourth-order valence-corrected chi connectivity index (χ4v) is 3.77. The number of carbonyl (C=O) groups is 1. The highest BCUT2D eigenvalue weighted by molar-refractivity contribution is 6.08. The van der Waals surface area contributed by atoms with Crippen LogP contribution in [-0.2, 0) is 0 Å². The van der Waals surface area contributed by atoms with Crippen molar-refractivity contribution < 1.29 is 14.3 Å².